The van der Waals surface area contributed by atoms with Crippen LogP contribution in [0.25, 0.3) is 33.1 Å². The van der Waals surface area contributed by atoms with Crippen molar-refractivity contribution in [1.29, 1.82) is 0 Å². The first-order chi connectivity index (χ1) is 32.6. The molecule has 0 atom stereocenters. The van der Waals surface area contributed by atoms with Gasteiger partial charge in [0, 0.05) is 44.8 Å². The van der Waals surface area contributed by atoms with Crippen LogP contribution in [0.5, 0.6) is 0 Å². The molecule has 3 aliphatic carbocycles. The maximum atomic E-state index is 6.87. The Balaban J connectivity index is 1.19. The summed E-state index contributed by atoms with van der Waals surface area (Å²) in [5.74, 6) is 0.504. The maximum Gasteiger partial charge on any atom is 0.252 e. The molecule has 8 aromatic rings. The van der Waals surface area contributed by atoms with Gasteiger partial charge in [0.15, 0.2) is 0 Å². The van der Waals surface area contributed by atoms with Crippen LogP contribution in [0.1, 0.15) is 146 Å². The Morgan fingerprint density at radius 1 is 0.485 bits per heavy atom. The normalized spacial score (nSPS) is 19.4. The maximum absolute atomic E-state index is 6.87. The zero-order valence-electron chi connectivity index (χ0n) is 41.7. The highest BCUT2D eigenvalue weighted by Gasteiger charge is 2.49. The minimum Gasteiger partial charge on any atom is -0.456 e. The quantitative estimate of drug-likeness (QED) is 0.164. The second-order valence-electron chi connectivity index (χ2n) is 24.2. The minimum atomic E-state index is -0.0162. The molecule has 2 aliphatic heterocycles. The van der Waals surface area contributed by atoms with Crippen molar-refractivity contribution in [2.75, 3.05) is 9.80 Å². The summed E-state index contributed by atoms with van der Waals surface area (Å²) in [5, 5.41) is 2.33. The molecule has 3 nitrogen and oxygen atoms in total. The molecule has 0 saturated heterocycles. The van der Waals surface area contributed by atoms with Gasteiger partial charge in [-0.05, 0) is 170 Å². The van der Waals surface area contributed by atoms with Crippen LogP contribution in [0.15, 0.2) is 132 Å². The van der Waals surface area contributed by atoms with E-state index in [4.69, 9.17) is 4.42 Å². The third-order valence-corrected chi connectivity index (χ3v) is 17.8. The van der Waals surface area contributed by atoms with Crippen molar-refractivity contribution in [2.24, 2.45) is 0 Å². The monoisotopic (exact) mass is 889 g/mol. The Morgan fingerprint density at radius 2 is 1.06 bits per heavy atom. The van der Waals surface area contributed by atoms with E-state index in [0.717, 1.165) is 23.0 Å². The second-order valence-corrected chi connectivity index (χ2v) is 24.2. The molecule has 340 valence electrons. The smallest absolute Gasteiger partial charge is 0.252 e. The number of furan rings is 1. The lowest BCUT2D eigenvalue weighted by Crippen LogP contribution is -2.61. The first kappa shape index (κ1) is 42.1. The summed E-state index contributed by atoms with van der Waals surface area (Å²) in [5.41, 5.74) is 25.3. The molecule has 1 saturated carbocycles. The number of hydrogen-bond donors (Lipinski definition) is 0. The molecule has 0 radical (unpaired) electrons. The lowest BCUT2D eigenvalue weighted by molar-refractivity contribution is 0.332. The van der Waals surface area contributed by atoms with Crippen molar-refractivity contribution in [3.63, 3.8) is 0 Å². The van der Waals surface area contributed by atoms with Crippen LogP contribution in [0.4, 0.5) is 34.1 Å². The molecule has 1 aromatic heterocycles. The van der Waals surface area contributed by atoms with Crippen molar-refractivity contribution in [1.82, 2.24) is 0 Å². The van der Waals surface area contributed by atoms with Crippen LogP contribution >= 0.6 is 0 Å². The number of anilines is 6. The molecule has 5 aliphatic rings. The largest absolute Gasteiger partial charge is 0.456 e. The molecule has 0 spiro atoms. The van der Waals surface area contributed by atoms with Crippen LogP contribution in [-0.2, 0) is 21.7 Å². The van der Waals surface area contributed by atoms with Gasteiger partial charge in [0.05, 0.1) is 5.69 Å². The fourth-order valence-electron chi connectivity index (χ4n) is 14.4. The zero-order chi connectivity index (χ0) is 46.6. The van der Waals surface area contributed by atoms with Crippen LogP contribution in [0.3, 0.4) is 0 Å². The van der Waals surface area contributed by atoms with E-state index in [1.807, 2.05) is 0 Å². The Morgan fingerprint density at radius 3 is 1.79 bits per heavy atom. The van der Waals surface area contributed by atoms with Gasteiger partial charge >= 0.3 is 0 Å². The first-order valence-electron chi connectivity index (χ1n) is 25.8. The van der Waals surface area contributed by atoms with Crippen LogP contribution in [-0.4, -0.2) is 6.71 Å². The average molecular weight is 889 g/mol. The minimum absolute atomic E-state index is 0.0162. The number of benzene rings is 7. The molecule has 68 heavy (non-hydrogen) atoms. The summed E-state index contributed by atoms with van der Waals surface area (Å²) >= 11 is 0. The predicted octanol–water partition coefficient (Wildman–Crippen LogP) is 16.0. The zero-order valence-corrected chi connectivity index (χ0v) is 41.7. The van der Waals surface area contributed by atoms with Crippen molar-refractivity contribution in [3.05, 3.63) is 161 Å². The lowest BCUT2D eigenvalue weighted by Gasteiger charge is -2.47. The third-order valence-electron chi connectivity index (χ3n) is 17.8. The van der Waals surface area contributed by atoms with Crippen LogP contribution < -0.4 is 26.2 Å². The summed E-state index contributed by atoms with van der Waals surface area (Å²) in [6.45, 7) is 22.2. The van der Waals surface area contributed by atoms with Crippen LogP contribution in [0, 0.1) is 6.92 Å². The van der Waals surface area contributed by atoms with Gasteiger partial charge in [-0.2, -0.15) is 0 Å². The highest BCUT2D eigenvalue weighted by molar-refractivity contribution is 7.00. The Bertz CT molecular complexity index is 3400. The van der Waals surface area contributed by atoms with Gasteiger partial charge in [-0.15, -0.1) is 0 Å². The molecule has 0 N–H and O–H groups in total. The van der Waals surface area contributed by atoms with E-state index in [9.17, 15) is 0 Å². The van der Waals surface area contributed by atoms with Gasteiger partial charge in [0.2, 0.25) is 0 Å². The van der Waals surface area contributed by atoms with E-state index in [1.54, 1.807) is 0 Å². The highest BCUT2D eigenvalue weighted by Crippen LogP contribution is 2.56. The van der Waals surface area contributed by atoms with E-state index in [1.165, 1.54) is 145 Å². The number of rotatable bonds is 4. The second kappa shape index (κ2) is 14.5. The molecule has 4 heteroatoms. The summed E-state index contributed by atoms with van der Waals surface area (Å²) < 4.78 is 6.87. The first-order valence-corrected chi connectivity index (χ1v) is 25.8. The Hall–Kier alpha value is -6.00. The predicted molar refractivity (Wildman–Crippen MR) is 290 cm³/mol. The Kier molecular flexibility index (Phi) is 9.00. The molecule has 7 aromatic carbocycles. The summed E-state index contributed by atoms with van der Waals surface area (Å²) in [7, 11) is 0. The summed E-state index contributed by atoms with van der Waals surface area (Å²) in [6.07, 6.45) is 9.86. The molecule has 13 rings (SSSR count). The highest BCUT2D eigenvalue weighted by atomic mass is 16.3. The van der Waals surface area contributed by atoms with Crippen molar-refractivity contribution < 1.29 is 4.42 Å². The van der Waals surface area contributed by atoms with E-state index < -0.39 is 0 Å². The number of para-hydroxylation sites is 2. The standard InChI is InChI=1S/C64H65BN2O/c1-39-30-46-48(62(4,5)29-28-61(46,2)3)35-53(39)67-55-36-49-47(63(6,7)38-64(49,8)9)34-50(55)65-51-37-59-45(44-25-17-19-27-58(44)68-59)33-54(51)66(52-26-18-16-24-43(52)41-22-14-11-15-23-41)56-31-42(32-57(67)60(56)65)40-20-12-10-13-21-40/h11,14-19,22-27,30-37,40H,10,12-13,20-21,28-29,38H2,1-9H3. The molecule has 0 unspecified atom stereocenters. The molecular formula is C64H65BN2O. The summed E-state index contributed by atoms with van der Waals surface area (Å²) in [6, 6.07) is 49.6. The third kappa shape index (κ3) is 6.10. The van der Waals surface area contributed by atoms with Gasteiger partial charge in [0.25, 0.3) is 6.71 Å². The van der Waals surface area contributed by atoms with E-state index in [0.29, 0.717) is 5.92 Å². The van der Waals surface area contributed by atoms with Gasteiger partial charge in [-0.1, -0.05) is 154 Å². The van der Waals surface area contributed by atoms with Gasteiger partial charge in [-0.3, -0.25) is 0 Å². The average Bonchev–Trinajstić information content (AvgIpc) is 3.78. The molecular weight excluding hydrogens is 824 g/mol. The molecule has 1 fully saturated rings. The molecule has 0 amide bonds. The fourth-order valence-corrected chi connectivity index (χ4v) is 14.4. The van der Waals surface area contributed by atoms with E-state index in [2.05, 4.69) is 200 Å². The number of fused-ring (bicyclic) bond motifs is 9. The van der Waals surface area contributed by atoms with E-state index >= 15 is 0 Å². The number of nitrogens with zero attached hydrogens (tertiary/aromatic N) is 2. The molecule has 3 heterocycles. The lowest BCUT2D eigenvalue weighted by atomic mass is 9.33. The van der Waals surface area contributed by atoms with Crippen LogP contribution in [0.2, 0.25) is 0 Å². The summed E-state index contributed by atoms with van der Waals surface area (Å²) in [4.78, 5) is 5.45. The number of hydrogen-bond acceptors (Lipinski definition) is 3. The SMILES string of the molecule is Cc1cc2c(cc1N1c3cc4c(cc3B3c5cc6oc7ccccc7c6cc5N(c5ccccc5-c5ccccc5)c5cc(C6CCCCC6)cc1c53)C(C)(C)CC4(C)C)C(C)(C)CCC2(C)C. The van der Waals surface area contributed by atoms with Gasteiger partial charge < -0.3 is 14.2 Å². The van der Waals surface area contributed by atoms with Crippen molar-refractivity contribution in [3.8, 4) is 11.1 Å². The van der Waals surface area contributed by atoms with Crippen molar-refractivity contribution in [2.45, 2.75) is 141 Å². The van der Waals surface area contributed by atoms with Gasteiger partial charge in [0.1, 0.15) is 11.2 Å². The van der Waals surface area contributed by atoms with Gasteiger partial charge in [-0.25, -0.2) is 0 Å². The number of aryl methyl sites for hydroxylation is 1. The topological polar surface area (TPSA) is 19.6 Å². The Labute approximate surface area is 404 Å². The molecule has 0 bridgehead atoms. The fraction of sp³-hybridized carbons (Fsp3) is 0.344. The van der Waals surface area contributed by atoms with Crippen molar-refractivity contribution >= 4 is 79.2 Å². The van der Waals surface area contributed by atoms with E-state index in [-0.39, 0.29) is 28.4 Å².